The molecule has 1 heterocycles. The molecule has 0 aliphatic rings. The van der Waals surface area contributed by atoms with E-state index in [2.05, 4.69) is 9.97 Å². The summed E-state index contributed by atoms with van der Waals surface area (Å²) in [7, 11) is 0. The standard InChI is InChI=1S/C15H16N2O4/c1-3-8-20-12-6-4-5-7-13(12)21-15-16-9-11(14(18)19)10(2)17-15/h4-7,9H,3,8H2,1-2H3,(H,18,19). The van der Waals surface area contributed by atoms with Crippen molar-refractivity contribution < 1.29 is 19.4 Å². The van der Waals surface area contributed by atoms with Crippen molar-refractivity contribution >= 4 is 5.97 Å². The van der Waals surface area contributed by atoms with Crippen molar-refractivity contribution in [1.29, 1.82) is 0 Å². The molecule has 6 nitrogen and oxygen atoms in total. The van der Waals surface area contributed by atoms with Crippen LogP contribution < -0.4 is 9.47 Å². The van der Waals surface area contributed by atoms with Crippen LogP contribution >= 0.6 is 0 Å². The van der Waals surface area contributed by atoms with E-state index < -0.39 is 5.97 Å². The number of carboxylic acids is 1. The monoisotopic (exact) mass is 288 g/mol. The predicted octanol–water partition coefficient (Wildman–Crippen LogP) is 3.06. The molecule has 0 spiro atoms. The van der Waals surface area contributed by atoms with Crippen LogP contribution in [0.5, 0.6) is 17.5 Å². The Labute approximate surface area is 122 Å². The lowest BCUT2D eigenvalue weighted by Gasteiger charge is -2.11. The van der Waals surface area contributed by atoms with Crippen LogP contribution in [0, 0.1) is 6.92 Å². The predicted molar refractivity (Wildman–Crippen MR) is 76.0 cm³/mol. The Morgan fingerprint density at radius 3 is 2.62 bits per heavy atom. The van der Waals surface area contributed by atoms with Crippen LogP contribution in [0.3, 0.4) is 0 Å². The molecule has 0 fully saturated rings. The van der Waals surface area contributed by atoms with Gasteiger partial charge in [0.1, 0.15) is 0 Å². The number of hydrogen-bond acceptors (Lipinski definition) is 5. The van der Waals surface area contributed by atoms with Gasteiger partial charge >= 0.3 is 12.0 Å². The first-order valence-electron chi connectivity index (χ1n) is 6.58. The zero-order valence-corrected chi connectivity index (χ0v) is 11.9. The highest BCUT2D eigenvalue weighted by atomic mass is 16.5. The molecule has 0 aliphatic heterocycles. The number of para-hydroxylation sites is 2. The van der Waals surface area contributed by atoms with Gasteiger partial charge in [-0.2, -0.15) is 4.98 Å². The van der Waals surface area contributed by atoms with Gasteiger partial charge in [0, 0.05) is 6.20 Å². The molecule has 1 N–H and O–H groups in total. The van der Waals surface area contributed by atoms with Crippen LogP contribution in [0.1, 0.15) is 29.4 Å². The molecule has 0 saturated heterocycles. The Bertz CT molecular complexity index is 643. The van der Waals surface area contributed by atoms with E-state index in [1.807, 2.05) is 19.1 Å². The third kappa shape index (κ3) is 3.68. The maximum absolute atomic E-state index is 10.9. The van der Waals surface area contributed by atoms with Gasteiger partial charge in [-0.1, -0.05) is 19.1 Å². The van der Waals surface area contributed by atoms with Crippen LogP contribution in [-0.4, -0.2) is 27.7 Å². The van der Waals surface area contributed by atoms with E-state index in [-0.39, 0.29) is 11.6 Å². The van der Waals surface area contributed by atoms with E-state index in [9.17, 15) is 4.79 Å². The summed E-state index contributed by atoms with van der Waals surface area (Å²) in [5, 5.41) is 8.95. The molecule has 1 aromatic carbocycles. The quantitative estimate of drug-likeness (QED) is 0.879. The zero-order chi connectivity index (χ0) is 15.2. The number of aryl methyl sites for hydroxylation is 1. The number of carbonyl (C=O) groups is 1. The zero-order valence-electron chi connectivity index (χ0n) is 11.9. The molecule has 0 amide bonds. The van der Waals surface area contributed by atoms with Gasteiger partial charge in [0.2, 0.25) is 0 Å². The SMILES string of the molecule is CCCOc1ccccc1Oc1ncc(C(=O)O)c(C)n1. The summed E-state index contributed by atoms with van der Waals surface area (Å²) in [6, 6.07) is 7.28. The minimum atomic E-state index is -1.06. The molecule has 2 rings (SSSR count). The third-order valence-corrected chi connectivity index (χ3v) is 2.70. The molecule has 6 heteroatoms. The maximum Gasteiger partial charge on any atom is 0.339 e. The van der Waals surface area contributed by atoms with Crippen molar-refractivity contribution in [3.05, 3.63) is 41.7 Å². The van der Waals surface area contributed by atoms with Gasteiger partial charge in [0.25, 0.3) is 0 Å². The third-order valence-electron chi connectivity index (χ3n) is 2.70. The Kier molecular flexibility index (Phi) is 4.71. The smallest absolute Gasteiger partial charge is 0.339 e. The van der Waals surface area contributed by atoms with E-state index in [1.54, 1.807) is 19.1 Å². The molecule has 0 radical (unpaired) electrons. The summed E-state index contributed by atoms with van der Waals surface area (Å²) >= 11 is 0. The summed E-state index contributed by atoms with van der Waals surface area (Å²) in [6.07, 6.45) is 2.12. The fraction of sp³-hybridized carbons (Fsp3) is 0.267. The van der Waals surface area contributed by atoms with Crippen molar-refractivity contribution in [3.63, 3.8) is 0 Å². The average Bonchev–Trinajstić information content (AvgIpc) is 2.46. The van der Waals surface area contributed by atoms with Crippen molar-refractivity contribution in [3.8, 4) is 17.5 Å². The number of benzene rings is 1. The van der Waals surface area contributed by atoms with E-state index in [0.29, 0.717) is 23.8 Å². The van der Waals surface area contributed by atoms with Crippen molar-refractivity contribution in [2.45, 2.75) is 20.3 Å². The highest BCUT2D eigenvalue weighted by Gasteiger charge is 2.12. The summed E-state index contributed by atoms with van der Waals surface area (Å²) in [5.74, 6) is 0.0297. The molecule has 0 unspecified atom stereocenters. The Hall–Kier alpha value is -2.63. The van der Waals surface area contributed by atoms with Gasteiger partial charge < -0.3 is 14.6 Å². The number of hydrogen-bond donors (Lipinski definition) is 1. The number of carboxylic acid groups (broad SMARTS) is 1. The first-order chi connectivity index (χ1) is 10.1. The lowest BCUT2D eigenvalue weighted by atomic mass is 10.2. The number of nitrogens with zero attached hydrogens (tertiary/aromatic N) is 2. The van der Waals surface area contributed by atoms with Gasteiger partial charge in [-0.25, -0.2) is 9.78 Å². The second kappa shape index (κ2) is 6.69. The van der Waals surface area contributed by atoms with E-state index in [0.717, 1.165) is 6.42 Å². The molecule has 110 valence electrons. The number of ether oxygens (including phenoxy) is 2. The van der Waals surface area contributed by atoms with E-state index in [1.165, 1.54) is 6.20 Å². The lowest BCUT2D eigenvalue weighted by molar-refractivity contribution is 0.0695. The van der Waals surface area contributed by atoms with Crippen LogP contribution in [0.2, 0.25) is 0 Å². The fourth-order valence-electron chi connectivity index (χ4n) is 1.67. The first-order valence-corrected chi connectivity index (χ1v) is 6.58. The number of aromatic nitrogens is 2. The van der Waals surface area contributed by atoms with Crippen molar-refractivity contribution in [2.24, 2.45) is 0 Å². The van der Waals surface area contributed by atoms with Crippen LogP contribution in [0.4, 0.5) is 0 Å². The summed E-state index contributed by atoms with van der Waals surface area (Å²) in [6.45, 7) is 4.19. The normalized spacial score (nSPS) is 10.2. The molecule has 2 aromatic rings. The van der Waals surface area contributed by atoms with Gasteiger partial charge in [0.15, 0.2) is 11.5 Å². The van der Waals surface area contributed by atoms with Crippen LogP contribution in [0.25, 0.3) is 0 Å². The molecular formula is C15H16N2O4. The summed E-state index contributed by atoms with van der Waals surface area (Å²) in [5.41, 5.74) is 0.400. The number of aromatic carboxylic acids is 1. The van der Waals surface area contributed by atoms with E-state index >= 15 is 0 Å². The van der Waals surface area contributed by atoms with Gasteiger partial charge in [0.05, 0.1) is 17.9 Å². The molecule has 0 atom stereocenters. The fourth-order valence-corrected chi connectivity index (χ4v) is 1.67. The molecule has 0 bridgehead atoms. The Balaban J connectivity index is 2.22. The van der Waals surface area contributed by atoms with Crippen molar-refractivity contribution in [1.82, 2.24) is 9.97 Å². The van der Waals surface area contributed by atoms with Crippen LogP contribution in [0.15, 0.2) is 30.5 Å². The molecule has 1 aromatic heterocycles. The lowest BCUT2D eigenvalue weighted by Crippen LogP contribution is -2.05. The Morgan fingerprint density at radius 1 is 1.29 bits per heavy atom. The number of rotatable bonds is 6. The second-order valence-corrected chi connectivity index (χ2v) is 4.35. The van der Waals surface area contributed by atoms with Crippen LogP contribution in [-0.2, 0) is 0 Å². The first kappa shape index (κ1) is 14.8. The van der Waals surface area contributed by atoms with Crippen molar-refractivity contribution in [2.75, 3.05) is 6.61 Å². The maximum atomic E-state index is 10.9. The topological polar surface area (TPSA) is 81.5 Å². The average molecular weight is 288 g/mol. The summed E-state index contributed by atoms with van der Waals surface area (Å²) in [4.78, 5) is 18.9. The minimum Gasteiger partial charge on any atom is -0.490 e. The van der Waals surface area contributed by atoms with Gasteiger partial charge in [-0.15, -0.1) is 0 Å². The Morgan fingerprint density at radius 2 is 2.00 bits per heavy atom. The highest BCUT2D eigenvalue weighted by Crippen LogP contribution is 2.29. The second-order valence-electron chi connectivity index (χ2n) is 4.35. The highest BCUT2D eigenvalue weighted by molar-refractivity contribution is 5.88. The molecule has 21 heavy (non-hydrogen) atoms. The van der Waals surface area contributed by atoms with Gasteiger partial charge in [-0.3, -0.25) is 0 Å². The minimum absolute atomic E-state index is 0.0536. The molecule has 0 aliphatic carbocycles. The van der Waals surface area contributed by atoms with Gasteiger partial charge in [-0.05, 0) is 25.5 Å². The molecular weight excluding hydrogens is 272 g/mol. The molecule has 0 saturated carbocycles. The largest absolute Gasteiger partial charge is 0.490 e. The van der Waals surface area contributed by atoms with E-state index in [4.69, 9.17) is 14.6 Å². The summed E-state index contributed by atoms with van der Waals surface area (Å²) < 4.78 is 11.2.